The number of nitrogens with one attached hydrogen (secondary N) is 1. The molecule has 21 heavy (non-hydrogen) atoms. The molecule has 0 amide bonds. The number of hydrogen-bond acceptors (Lipinski definition) is 2. The molecule has 1 aromatic heterocycles. The van der Waals surface area contributed by atoms with E-state index in [0.717, 1.165) is 17.7 Å². The van der Waals surface area contributed by atoms with E-state index in [1.54, 1.807) is 12.3 Å². The fourth-order valence-electron chi connectivity index (χ4n) is 2.17. The molecule has 2 nitrogen and oxygen atoms in total. The molecule has 0 radical (unpaired) electrons. The Morgan fingerprint density at radius 3 is 2.33 bits per heavy atom. The summed E-state index contributed by atoms with van der Waals surface area (Å²) in [5.74, 6) is -1.05. The minimum atomic E-state index is -0.883. The van der Waals surface area contributed by atoms with E-state index in [1.165, 1.54) is 6.07 Å². The van der Waals surface area contributed by atoms with E-state index in [-0.39, 0.29) is 6.04 Å². The van der Waals surface area contributed by atoms with Crippen molar-refractivity contribution in [3.05, 3.63) is 89.9 Å². The summed E-state index contributed by atoms with van der Waals surface area (Å²) in [6.45, 7) is 0. The third kappa shape index (κ3) is 2.94. The zero-order chi connectivity index (χ0) is 14.7. The van der Waals surface area contributed by atoms with E-state index in [2.05, 4.69) is 5.32 Å². The molecule has 1 unspecified atom stereocenters. The molecule has 0 saturated carbocycles. The van der Waals surface area contributed by atoms with Gasteiger partial charge in [0.25, 0.3) is 0 Å². The van der Waals surface area contributed by atoms with Crippen molar-refractivity contribution in [2.75, 3.05) is 5.32 Å². The molecule has 3 rings (SSSR count). The highest BCUT2D eigenvalue weighted by Gasteiger charge is 2.17. The number of halogens is 2. The van der Waals surface area contributed by atoms with Gasteiger partial charge in [-0.3, -0.25) is 0 Å². The van der Waals surface area contributed by atoms with Gasteiger partial charge in [0.05, 0.1) is 6.26 Å². The first kappa shape index (κ1) is 13.4. The quantitative estimate of drug-likeness (QED) is 0.747. The van der Waals surface area contributed by atoms with Crippen LogP contribution in [0.1, 0.15) is 17.4 Å². The van der Waals surface area contributed by atoms with Crippen molar-refractivity contribution >= 4 is 5.69 Å². The van der Waals surface area contributed by atoms with Gasteiger partial charge in [0.1, 0.15) is 11.8 Å². The molecular weight excluding hydrogens is 272 g/mol. The fourth-order valence-corrected chi connectivity index (χ4v) is 2.17. The van der Waals surface area contributed by atoms with Gasteiger partial charge in [-0.05, 0) is 29.8 Å². The Morgan fingerprint density at radius 2 is 1.67 bits per heavy atom. The van der Waals surface area contributed by atoms with Crippen LogP contribution < -0.4 is 5.32 Å². The van der Waals surface area contributed by atoms with Gasteiger partial charge in [-0.15, -0.1) is 0 Å². The lowest BCUT2D eigenvalue weighted by Gasteiger charge is -2.18. The summed E-state index contributed by atoms with van der Waals surface area (Å²) in [4.78, 5) is 0. The Bertz CT molecular complexity index is 711. The highest BCUT2D eigenvalue weighted by Crippen LogP contribution is 2.27. The van der Waals surface area contributed by atoms with Crippen LogP contribution in [0.3, 0.4) is 0 Å². The van der Waals surface area contributed by atoms with Gasteiger partial charge in [-0.1, -0.05) is 30.3 Å². The van der Waals surface area contributed by atoms with Gasteiger partial charge < -0.3 is 9.73 Å². The minimum absolute atomic E-state index is 0.272. The zero-order valence-corrected chi connectivity index (χ0v) is 11.1. The second-order valence-corrected chi connectivity index (χ2v) is 4.63. The van der Waals surface area contributed by atoms with Crippen LogP contribution in [-0.4, -0.2) is 0 Å². The van der Waals surface area contributed by atoms with Crippen LogP contribution in [0.15, 0.2) is 71.3 Å². The molecule has 1 heterocycles. The van der Waals surface area contributed by atoms with Gasteiger partial charge >= 0.3 is 0 Å². The monoisotopic (exact) mass is 285 g/mol. The summed E-state index contributed by atoms with van der Waals surface area (Å²) >= 11 is 0. The van der Waals surface area contributed by atoms with E-state index in [1.807, 2.05) is 36.4 Å². The predicted molar refractivity (Wildman–Crippen MR) is 77.0 cm³/mol. The standard InChI is InChI=1S/C17H13F2NO/c18-14-9-8-13(11-15(14)19)20-17(16-7-4-10-21-16)12-5-2-1-3-6-12/h1-11,17,20H. The summed E-state index contributed by atoms with van der Waals surface area (Å²) in [5.41, 5.74) is 1.45. The lowest BCUT2D eigenvalue weighted by atomic mass is 10.0. The summed E-state index contributed by atoms with van der Waals surface area (Å²) < 4.78 is 31.8. The number of furan rings is 1. The Kier molecular flexibility index (Phi) is 3.69. The molecule has 3 aromatic rings. The topological polar surface area (TPSA) is 25.2 Å². The number of benzene rings is 2. The Labute approximate surface area is 121 Å². The minimum Gasteiger partial charge on any atom is -0.467 e. The van der Waals surface area contributed by atoms with Crippen molar-refractivity contribution in [1.82, 2.24) is 0 Å². The van der Waals surface area contributed by atoms with E-state index >= 15 is 0 Å². The van der Waals surface area contributed by atoms with E-state index in [0.29, 0.717) is 11.4 Å². The van der Waals surface area contributed by atoms with Gasteiger partial charge in [0.15, 0.2) is 11.6 Å². The van der Waals surface area contributed by atoms with Gasteiger partial charge in [0.2, 0.25) is 0 Å². The fraction of sp³-hybridized carbons (Fsp3) is 0.0588. The van der Waals surface area contributed by atoms with Crippen molar-refractivity contribution in [2.45, 2.75) is 6.04 Å². The summed E-state index contributed by atoms with van der Waals surface area (Å²) in [6, 6.07) is 16.7. The Morgan fingerprint density at radius 1 is 0.857 bits per heavy atom. The molecule has 0 spiro atoms. The lowest BCUT2D eigenvalue weighted by Crippen LogP contribution is -2.11. The number of anilines is 1. The second-order valence-electron chi connectivity index (χ2n) is 4.63. The smallest absolute Gasteiger partial charge is 0.160 e. The van der Waals surface area contributed by atoms with Gasteiger partial charge in [0, 0.05) is 11.8 Å². The maximum atomic E-state index is 13.3. The summed E-state index contributed by atoms with van der Waals surface area (Å²) in [7, 11) is 0. The van der Waals surface area contributed by atoms with Crippen molar-refractivity contribution in [3.8, 4) is 0 Å². The molecule has 0 saturated heterocycles. The molecule has 0 fully saturated rings. The first-order valence-electron chi connectivity index (χ1n) is 6.54. The van der Waals surface area contributed by atoms with Crippen molar-refractivity contribution < 1.29 is 13.2 Å². The first-order chi connectivity index (χ1) is 10.2. The van der Waals surface area contributed by atoms with Crippen LogP contribution in [-0.2, 0) is 0 Å². The maximum absolute atomic E-state index is 13.3. The van der Waals surface area contributed by atoms with Crippen LogP contribution in [0.2, 0.25) is 0 Å². The van der Waals surface area contributed by atoms with Crippen LogP contribution in [0.4, 0.5) is 14.5 Å². The average molecular weight is 285 g/mol. The summed E-state index contributed by atoms with van der Waals surface area (Å²) in [6.07, 6.45) is 1.58. The highest BCUT2D eigenvalue weighted by molar-refractivity contribution is 5.48. The predicted octanol–water partition coefficient (Wildman–Crippen LogP) is 4.76. The number of rotatable bonds is 4. The van der Waals surface area contributed by atoms with E-state index in [9.17, 15) is 8.78 Å². The van der Waals surface area contributed by atoms with E-state index in [4.69, 9.17) is 4.42 Å². The molecule has 4 heteroatoms. The Hall–Kier alpha value is -2.62. The first-order valence-corrected chi connectivity index (χ1v) is 6.54. The highest BCUT2D eigenvalue weighted by atomic mass is 19.2. The molecule has 1 N–H and O–H groups in total. The zero-order valence-electron chi connectivity index (χ0n) is 11.1. The SMILES string of the molecule is Fc1ccc(NC(c2ccccc2)c2ccco2)cc1F. The molecule has 2 aromatic carbocycles. The Balaban J connectivity index is 1.95. The maximum Gasteiger partial charge on any atom is 0.160 e. The van der Waals surface area contributed by atoms with Crippen LogP contribution in [0, 0.1) is 11.6 Å². The van der Waals surface area contributed by atoms with Crippen molar-refractivity contribution in [2.24, 2.45) is 0 Å². The second kappa shape index (κ2) is 5.79. The molecular formula is C17H13F2NO. The van der Waals surface area contributed by atoms with Crippen LogP contribution in [0.25, 0.3) is 0 Å². The molecule has 0 aliphatic rings. The largest absolute Gasteiger partial charge is 0.467 e. The molecule has 0 aliphatic carbocycles. The number of hydrogen-bond donors (Lipinski definition) is 1. The van der Waals surface area contributed by atoms with Gasteiger partial charge in [-0.25, -0.2) is 8.78 Å². The third-order valence-electron chi connectivity index (χ3n) is 3.19. The third-order valence-corrected chi connectivity index (χ3v) is 3.19. The molecule has 0 aliphatic heterocycles. The van der Waals surface area contributed by atoms with Gasteiger partial charge in [-0.2, -0.15) is 0 Å². The summed E-state index contributed by atoms with van der Waals surface area (Å²) in [5, 5.41) is 3.17. The average Bonchev–Trinajstić information content (AvgIpc) is 3.03. The molecule has 0 bridgehead atoms. The van der Waals surface area contributed by atoms with Crippen LogP contribution >= 0.6 is 0 Å². The lowest BCUT2D eigenvalue weighted by molar-refractivity contribution is 0.497. The van der Waals surface area contributed by atoms with E-state index < -0.39 is 11.6 Å². The van der Waals surface area contributed by atoms with Crippen LogP contribution in [0.5, 0.6) is 0 Å². The van der Waals surface area contributed by atoms with Crippen molar-refractivity contribution in [1.29, 1.82) is 0 Å². The molecule has 106 valence electrons. The molecule has 1 atom stereocenters. The normalized spacial score (nSPS) is 12.1. The van der Waals surface area contributed by atoms with Crippen molar-refractivity contribution in [3.63, 3.8) is 0 Å².